The summed E-state index contributed by atoms with van der Waals surface area (Å²) in [5.74, 6) is 0.736. The van der Waals surface area contributed by atoms with Gasteiger partial charge in [-0.15, -0.1) is 0 Å². The maximum atomic E-state index is 9.79. The van der Waals surface area contributed by atoms with Gasteiger partial charge in [0.25, 0.3) is 0 Å². The summed E-state index contributed by atoms with van der Waals surface area (Å²) in [6.07, 6.45) is -1.26. The van der Waals surface area contributed by atoms with Gasteiger partial charge in [-0.25, -0.2) is 0 Å². The Labute approximate surface area is 148 Å². The summed E-state index contributed by atoms with van der Waals surface area (Å²) >= 11 is 0. The molecule has 136 valence electrons. The van der Waals surface area contributed by atoms with Crippen molar-refractivity contribution >= 4 is 12.6 Å². The predicted octanol–water partition coefficient (Wildman–Crippen LogP) is 0.892. The van der Waals surface area contributed by atoms with E-state index in [0.29, 0.717) is 13.2 Å². The van der Waals surface area contributed by atoms with Gasteiger partial charge in [0.15, 0.2) is 6.10 Å². The lowest BCUT2D eigenvalue weighted by Crippen LogP contribution is -2.41. The lowest BCUT2D eigenvalue weighted by Gasteiger charge is -2.32. The molecule has 4 atom stereocenters. The molecule has 3 fully saturated rings. The summed E-state index contributed by atoms with van der Waals surface area (Å²) in [7, 11) is -0.383. The third-order valence-electron chi connectivity index (χ3n) is 5.67. The average Bonchev–Trinajstić information content (AvgIpc) is 3.16. The Morgan fingerprint density at radius 1 is 0.960 bits per heavy atom. The SMILES string of the molecule is CC1(C)OB(c2ccc(OC3CO[C@H]4[C@@H](O)CO[C@@H]34)cc2)OC1(C)C. The van der Waals surface area contributed by atoms with Crippen LogP contribution in [0.4, 0.5) is 0 Å². The molecule has 1 N–H and O–H groups in total. The number of aliphatic hydroxyl groups excluding tert-OH is 1. The van der Waals surface area contributed by atoms with Crippen LogP contribution in [0.15, 0.2) is 24.3 Å². The first-order valence-electron chi connectivity index (χ1n) is 8.80. The number of hydrogen-bond donors (Lipinski definition) is 1. The molecule has 1 aromatic rings. The Kier molecular flexibility index (Phi) is 4.13. The number of aliphatic hydroxyl groups is 1. The van der Waals surface area contributed by atoms with Crippen LogP contribution in [0.3, 0.4) is 0 Å². The van der Waals surface area contributed by atoms with Crippen molar-refractivity contribution in [2.45, 2.75) is 63.3 Å². The molecule has 3 aliphatic heterocycles. The first kappa shape index (κ1) is 17.3. The van der Waals surface area contributed by atoms with Gasteiger partial charge in [-0.05, 0) is 45.3 Å². The number of fused-ring (bicyclic) bond motifs is 1. The van der Waals surface area contributed by atoms with Gasteiger partial charge in [-0.1, -0.05) is 12.1 Å². The molecule has 1 unspecified atom stereocenters. The first-order valence-corrected chi connectivity index (χ1v) is 8.80. The van der Waals surface area contributed by atoms with Crippen LogP contribution in [0.2, 0.25) is 0 Å². The van der Waals surface area contributed by atoms with Crippen LogP contribution < -0.4 is 10.2 Å². The first-order chi connectivity index (χ1) is 11.8. The zero-order chi connectivity index (χ0) is 17.8. The Balaban J connectivity index is 1.42. The standard InChI is InChI=1S/C18H25BO6/c1-17(2)18(3,4)25-19(24-17)11-5-7-12(8-6-11)23-14-10-22-15-13(20)9-21-16(14)15/h5-8,13-16,20H,9-10H2,1-4H3/t13-,14?,15-,16-/m0/s1. The second-order valence-electron chi connectivity index (χ2n) is 7.98. The summed E-state index contributed by atoms with van der Waals surface area (Å²) in [6, 6.07) is 7.71. The van der Waals surface area contributed by atoms with Gasteiger partial charge in [-0.2, -0.15) is 0 Å². The molecule has 0 saturated carbocycles. The van der Waals surface area contributed by atoms with E-state index in [4.69, 9.17) is 23.5 Å². The van der Waals surface area contributed by atoms with Gasteiger partial charge >= 0.3 is 7.12 Å². The molecule has 3 heterocycles. The van der Waals surface area contributed by atoms with Crippen LogP contribution in [0.5, 0.6) is 5.75 Å². The average molecular weight is 348 g/mol. The monoisotopic (exact) mass is 348 g/mol. The molecule has 0 bridgehead atoms. The second kappa shape index (κ2) is 5.96. The molecule has 0 aromatic heterocycles. The lowest BCUT2D eigenvalue weighted by atomic mass is 9.79. The van der Waals surface area contributed by atoms with E-state index in [-0.39, 0.29) is 36.6 Å². The van der Waals surface area contributed by atoms with E-state index < -0.39 is 6.10 Å². The van der Waals surface area contributed by atoms with Crippen molar-refractivity contribution in [1.82, 2.24) is 0 Å². The number of hydrogen-bond acceptors (Lipinski definition) is 6. The minimum atomic E-state index is -0.565. The highest BCUT2D eigenvalue weighted by Crippen LogP contribution is 2.36. The molecule has 3 aliphatic rings. The molecular formula is C18H25BO6. The van der Waals surface area contributed by atoms with Crippen LogP contribution in [0.25, 0.3) is 0 Å². The molecule has 3 saturated heterocycles. The van der Waals surface area contributed by atoms with Crippen LogP contribution >= 0.6 is 0 Å². The van der Waals surface area contributed by atoms with Crippen molar-refractivity contribution in [2.24, 2.45) is 0 Å². The highest BCUT2D eigenvalue weighted by atomic mass is 16.7. The molecular weight excluding hydrogens is 323 g/mol. The highest BCUT2D eigenvalue weighted by Gasteiger charge is 2.52. The highest BCUT2D eigenvalue weighted by molar-refractivity contribution is 6.62. The Hall–Kier alpha value is -1.12. The number of benzene rings is 1. The minimum absolute atomic E-state index is 0.204. The minimum Gasteiger partial charge on any atom is -0.485 e. The molecule has 0 spiro atoms. The maximum absolute atomic E-state index is 9.79. The largest absolute Gasteiger partial charge is 0.494 e. The third-order valence-corrected chi connectivity index (χ3v) is 5.67. The molecule has 0 amide bonds. The normalized spacial score (nSPS) is 35.8. The zero-order valence-electron chi connectivity index (χ0n) is 15.1. The van der Waals surface area contributed by atoms with Crippen LogP contribution in [-0.2, 0) is 18.8 Å². The molecule has 4 rings (SSSR count). The summed E-state index contributed by atoms with van der Waals surface area (Å²) in [5, 5.41) is 9.79. The Morgan fingerprint density at radius 2 is 1.56 bits per heavy atom. The Bertz CT molecular complexity index is 615. The summed E-state index contributed by atoms with van der Waals surface area (Å²) < 4.78 is 29.3. The van der Waals surface area contributed by atoms with Crippen LogP contribution in [0, 0.1) is 0 Å². The van der Waals surface area contributed by atoms with Crippen molar-refractivity contribution in [1.29, 1.82) is 0 Å². The summed E-state index contributed by atoms with van der Waals surface area (Å²) in [6.45, 7) is 8.88. The molecule has 0 aliphatic carbocycles. The predicted molar refractivity (Wildman–Crippen MR) is 92.1 cm³/mol. The fourth-order valence-corrected chi connectivity index (χ4v) is 3.40. The third kappa shape index (κ3) is 2.98. The van der Waals surface area contributed by atoms with Crippen molar-refractivity contribution in [2.75, 3.05) is 13.2 Å². The van der Waals surface area contributed by atoms with Gasteiger partial charge in [0.2, 0.25) is 0 Å². The maximum Gasteiger partial charge on any atom is 0.494 e. The smallest absolute Gasteiger partial charge is 0.485 e. The van der Waals surface area contributed by atoms with Gasteiger partial charge in [-0.3, -0.25) is 0 Å². The van der Waals surface area contributed by atoms with Crippen LogP contribution in [0.1, 0.15) is 27.7 Å². The van der Waals surface area contributed by atoms with Gasteiger partial charge in [0.05, 0.1) is 24.4 Å². The quantitative estimate of drug-likeness (QED) is 0.819. The van der Waals surface area contributed by atoms with E-state index in [9.17, 15) is 5.11 Å². The molecule has 7 heteroatoms. The zero-order valence-corrected chi connectivity index (χ0v) is 15.1. The second-order valence-corrected chi connectivity index (χ2v) is 7.98. The fraction of sp³-hybridized carbons (Fsp3) is 0.667. The van der Waals surface area contributed by atoms with Crippen molar-refractivity contribution < 1.29 is 28.6 Å². The fourth-order valence-electron chi connectivity index (χ4n) is 3.40. The molecule has 25 heavy (non-hydrogen) atoms. The number of ether oxygens (including phenoxy) is 3. The van der Waals surface area contributed by atoms with Crippen molar-refractivity contribution in [3.8, 4) is 5.75 Å². The van der Waals surface area contributed by atoms with Crippen molar-refractivity contribution in [3.63, 3.8) is 0 Å². The van der Waals surface area contributed by atoms with E-state index in [2.05, 4.69) is 0 Å². The van der Waals surface area contributed by atoms with Gasteiger partial charge in [0, 0.05) is 0 Å². The Morgan fingerprint density at radius 3 is 2.20 bits per heavy atom. The topological polar surface area (TPSA) is 66.4 Å². The summed E-state index contributed by atoms with van der Waals surface area (Å²) in [5.41, 5.74) is 0.243. The van der Waals surface area contributed by atoms with E-state index >= 15 is 0 Å². The van der Waals surface area contributed by atoms with E-state index in [0.717, 1.165) is 11.2 Å². The van der Waals surface area contributed by atoms with E-state index in [1.807, 2.05) is 52.0 Å². The summed E-state index contributed by atoms with van der Waals surface area (Å²) in [4.78, 5) is 0. The molecule has 6 nitrogen and oxygen atoms in total. The van der Waals surface area contributed by atoms with Crippen molar-refractivity contribution in [3.05, 3.63) is 24.3 Å². The molecule has 1 aromatic carbocycles. The van der Waals surface area contributed by atoms with E-state index in [1.54, 1.807) is 0 Å². The molecule has 0 radical (unpaired) electrons. The van der Waals surface area contributed by atoms with E-state index in [1.165, 1.54) is 0 Å². The number of rotatable bonds is 3. The van der Waals surface area contributed by atoms with Gasteiger partial charge in [0.1, 0.15) is 24.1 Å². The van der Waals surface area contributed by atoms with Gasteiger partial charge < -0.3 is 28.6 Å². The lowest BCUT2D eigenvalue weighted by molar-refractivity contribution is 0.00578. The van der Waals surface area contributed by atoms with Crippen LogP contribution in [-0.4, -0.2) is 61.1 Å².